The van der Waals surface area contributed by atoms with Crippen molar-refractivity contribution in [2.45, 2.75) is 45.3 Å². The molecule has 0 saturated heterocycles. The Morgan fingerprint density at radius 2 is 2.15 bits per heavy atom. The number of ketones is 1. The summed E-state index contributed by atoms with van der Waals surface area (Å²) in [7, 11) is 0. The Kier molecular flexibility index (Phi) is 4.53. The summed E-state index contributed by atoms with van der Waals surface area (Å²) in [5, 5.41) is 0.713. The SMILES string of the molecule is CCC1CC2C(=O)C(c3nc4ccccc4s3)=COC2CC1OC(C)=O. The molecule has 2 aromatic rings. The number of hydrogen-bond acceptors (Lipinski definition) is 6. The highest BCUT2D eigenvalue weighted by atomic mass is 32.1. The first-order valence-electron chi connectivity index (χ1n) is 8.99. The number of allylic oxidation sites excluding steroid dienone is 1. The smallest absolute Gasteiger partial charge is 0.302 e. The maximum absolute atomic E-state index is 13.1. The number of para-hydroxylation sites is 1. The van der Waals surface area contributed by atoms with Crippen LogP contribution in [0, 0.1) is 11.8 Å². The van der Waals surface area contributed by atoms with E-state index in [2.05, 4.69) is 11.9 Å². The van der Waals surface area contributed by atoms with E-state index in [0.29, 0.717) is 23.4 Å². The fraction of sp³-hybridized carbons (Fsp3) is 0.450. The Morgan fingerprint density at radius 3 is 2.88 bits per heavy atom. The number of aromatic nitrogens is 1. The van der Waals surface area contributed by atoms with Gasteiger partial charge >= 0.3 is 5.97 Å². The van der Waals surface area contributed by atoms with Crippen LogP contribution in [0.5, 0.6) is 0 Å². The third kappa shape index (κ3) is 3.03. The van der Waals surface area contributed by atoms with Gasteiger partial charge in [-0.1, -0.05) is 19.1 Å². The molecule has 1 aromatic heterocycles. The van der Waals surface area contributed by atoms with Gasteiger partial charge in [0.25, 0.3) is 0 Å². The first kappa shape index (κ1) is 17.2. The van der Waals surface area contributed by atoms with E-state index in [1.54, 1.807) is 6.26 Å². The minimum absolute atomic E-state index is 0.0973. The molecule has 2 aliphatic rings. The Hall–Kier alpha value is -2.21. The maximum atomic E-state index is 13.1. The van der Waals surface area contributed by atoms with Crippen LogP contribution in [0.15, 0.2) is 30.5 Å². The maximum Gasteiger partial charge on any atom is 0.302 e. The van der Waals surface area contributed by atoms with Gasteiger partial charge in [0.15, 0.2) is 5.78 Å². The summed E-state index contributed by atoms with van der Waals surface area (Å²) in [6, 6.07) is 7.86. The molecule has 6 heteroatoms. The molecule has 4 rings (SSSR count). The van der Waals surface area contributed by atoms with Gasteiger partial charge < -0.3 is 9.47 Å². The number of benzene rings is 1. The van der Waals surface area contributed by atoms with Gasteiger partial charge in [-0.05, 0) is 30.9 Å². The Labute approximate surface area is 156 Å². The molecule has 136 valence electrons. The zero-order valence-electron chi connectivity index (χ0n) is 14.8. The molecule has 1 aromatic carbocycles. The standard InChI is InChI=1S/C20H21NO4S/c1-3-12-8-13-17(9-16(12)25-11(2)22)24-10-14(19(13)23)20-21-15-6-4-5-7-18(15)26-20/h4-7,10,12-13,16-17H,3,8-9H2,1-2H3. The van der Waals surface area contributed by atoms with Crippen molar-refractivity contribution in [3.63, 3.8) is 0 Å². The molecule has 5 nitrogen and oxygen atoms in total. The van der Waals surface area contributed by atoms with E-state index in [1.807, 2.05) is 24.3 Å². The third-order valence-electron chi connectivity index (χ3n) is 5.32. The summed E-state index contributed by atoms with van der Waals surface area (Å²) < 4.78 is 12.4. The lowest BCUT2D eigenvalue weighted by molar-refractivity contribution is -0.157. The number of hydrogen-bond donors (Lipinski definition) is 0. The van der Waals surface area contributed by atoms with Gasteiger partial charge in [-0.15, -0.1) is 11.3 Å². The highest BCUT2D eigenvalue weighted by molar-refractivity contribution is 7.19. The minimum atomic E-state index is -0.278. The predicted octanol–water partition coefficient (Wildman–Crippen LogP) is 3.97. The Bertz CT molecular complexity index is 854. The monoisotopic (exact) mass is 371 g/mol. The molecule has 0 spiro atoms. The molecule has 4 atom stereocenters. The molecule has 2 heterocycles. The highest BCUT2D eigenvalue weighted by Crippen LogP contribution is 2.41. The fourth-order valence-electron chi connectivity index (χ4n) is 3.99. The zero-order chi connectivity index (χ0) is 18.3. The van der Waals surface area contributed by atoms with Gasteiger partial charge in [-0.25, -0.2) is 4.98 Å². The van der Waals surface area contributed by atoms with E-state index in [9.17, 15) is 9.59 Å². The summed E-state index contributed by atoms with van der Waals surface area (Å²) in [5.41, 5.74) is 1.46. The predicted molar refractivity (Wildman–Crippen MR) is 99.5 cm³/mol. The lowest BCUT2D eigenvalue weighted by Crippen LogP contribution is -2.46. The summed E-state index contributed by atoms with van der Waals surface area (Å²) >= 11 is 1.51. The van der Waals surface area contributed by atoms with Crippen molar-refractivity contribution < 1.29 is 19.1 Å². The molecule has 4 unspecified atom stereocenters. The molecule has 0 radical (unpaired) electrons. The molecule has 1 aliphatic carbocycles. The molecule has 0 bridgehead atoms. The van der Waals surface area contributed by atoms with Gasteiger partial charge in [0.1, 0.15) is 17.2 Å². The first-order chi connectivity index (χ1) is 12.6. The number of rotatable bonds is 3. The van der Waals surface area contributed by atoms with E-state index in [4.69, 9.17) is 9.47 Å². The molecule has 1 saturated carbocycles. The lowest BCUT2D eigenvalue weighted by atomic mass is 9.72. The van der Waals surface area contributed by atoms with Crippen LogP contribution < -0.4 is 0 Å². The average molecular weight is 371 g/mol. The Balaban J connectivity index is 1.61. The van der Waals surface area contributed by atoms with Crippen molar-refractivity contribution in [1.82, 2.24) is 4.98 Å². The van der Waals surface area contributed by atoms with Crippen LogP contribution >= 0.6 is 11.3 Å². The molecular formula is C20H21NO4S. The molecular weight excluding hydrogens is 350 g/mol. The van der Waals surface area contributed by atoms with Crippen molar-refractivity contribution in [1.29, 1.82) is 0 Å². The summed E-state index contributed by atoms with van der Waals surface area (Å²) in [5.74, 6) is -0.194. The summed E-state index contributed by atoms with van der Waals surface area (Å²) in [4.78, 5) is 29.1. The van der Waals surface area contributed by atoms with Crippen molar-refractivity contribution in [3.8, 4) is 0 Å². The van der Waals surface area contributed by atoms with Crippen LogP contribution in [-0.4, -0.2) is 28.9 Å². The van der Waals surface area contributed by atoms with Crippen LogP contribution in [0.3, 0.4) is 0 Å². The van der Waals surface area contributed by atoms with Gasteiger partial charge in [-0.3, -0.25) is 9.59 Å². The normalized spacial score (nSPS) is 28.2. The Morgan fingerprint density at radius 1 is 1.35 bits per heavy atom. The number of Topliss-reactive ketones (excluding diaryl/α,β-unsaturated/α-hetero) is 1. The van der Waals surface area contributed by atoms with E-state index in [-0.39, 0.29) is 35.8 Å². The van der Waals surface area contributed by atoms with E-state index in [0.717, 1.165) is 16.6 Å². The van der Waals surface area contributed by atoms with Crippen LogP contribution in [0.4, 0.5) is 0 Å². The van der Waals surface area contributed by atoms with E-state index >= 15 is 0 Å². The van der Waals surface area contributed by atoms with Crippen molar-refractivity contribution in [2.24, 2.45) is 11.8 Å². The van der Waals surface area contributed by atoms with Crippen LogP contribution in [-0.2, 0) is 19.1 Å². The fourth-order valence-corrected chi connectivity index (χ4v) is 4.96. The van der Waals surface area contributed by atoms with Gasteiger partial charge in [0, 0.05) is 13.3 Å². The first-order valence-corrected chi connectivity index (χ1v) is 9.81. The van der Waals surface area contributed by atoms with Gasteiger partial charge in [0.05, 0.1) is 28.0 Å². The molecule has 26 heavy (non-hydrogen) atoms. The summed E-state index contributed by atoms with van der Waals surface area (Å²) in [6.45, 7) is 3.50. The molecule has 1 aliphatic heterocycles. The van der Waals surface area contributed by atoms with Crippen molar-refractivity contribution in [2.75, 3.05) is 0 Å². The van der Waals surface area contributed by atoms with Crippen molar-refractivity contribution in [3.05, 3.63) is 35.5 Å². The van der Waals surface area contributed by atoms with Crippen LogP contribution in [0.25, 0.3) is 15.8 Å². The number of ether oxygens (including phenoxy) is 2. The number of esters is 1. The average Bonchev–Trinajstić information content (AvgIpc) is 3.05. The quantitative estimate of drug-likeness (QED) is 0.764. The topological polar surface area (TPSA) is 65.5 Å². The largest absolute Gasteiger partial charge is 0.496 e. The second-order valence-electron chi connectivity index (χ2n) is 6.95. The van der Waals surface area contributed by atoms with Gasteiger partial charge in [-0.2, -0.15) is 0 Å². The van der Waals surface area contributed by atoms with E-state index < -0.39 is 0 Å². The second kappa shape index (κ2) is 6.83. The van der Waals surface area contributed by atoms with Gasteiger partial charge in [0.2, 0.25) is 0 Å². The van der Waals surface area contributed by atoms with E-state index in [1.165, 1.54) is 18.3 Å². The second-order valence-corrected chi connectivity index (χ2v) is 7.98. The van der Waals surface area contributed by atoms with Crippen LogP contribution in [0.1, 0.15) is 38.1 Å². The number of fused-ring (bicyclic) bond motifs is 2. The third-order valence-corrected chi connectivity index (χ3v) is 6.39. The zero-order valence-corrected chi connectivity index (χ0v) is 15.6. The number of thiazole rings is 1. The number of carbonyl (C=O) groups excluding carboxylic acids is 2. The lowest BCUT2D eigenvalue weighted by Gasteiger charge is -2.41. The highest BCUT2D eigenvalue weighted by Gasteiger charge is 2.45. The van der Waals surface area contributed by atoms with Crippen molar-refractivity contribution >= 4 is 38.9 Å². The number of carbonyl (C=O) groups is 2. The molecule has 0 N–H and O–H groups in total. The molecule has 1 fully saturated rings. The summed E-state index contributed by atoms with van der Waals surface area (Å²) in [6.07, 6.45) is 3.27. The minimum Gasteiger partial charge on any atom is -0.496 e. The van der Waals surface area contributed by atoms with Crippen LogP contribution in [0.2, 0.25) is 0 Å². The number of nitrogens with zero attached hydrogens (tertiary/aromatic N) is 1. The molecule has 0 amide bonds.